The summed E-state index contributed by atoms with van der Waals surface area (Å²) in [7, 11) is 0. The van der Waals surface area contributed by atoms with Crippen molar-refractivity contribution in [2.24, 2.45) is 11.7 Å². The van der Waals surface area contributed by atoms with Gasteiger partial charge in [0.05, 0.1) is 5.69 Å². The summed E-state index contributed by atoms with van der Waals surface area (Å²) in [5, 5.41) is 4.04. The quantitative estimate of drug-likeness (QED) is 0.870. The van der Waals surface area contributed by atoms with Gasteiger partial charge in [-0.2, -0.15) is 4.98 Å². The minimum absolute atomic E-state index is 0.333. The van der Waals surface area contributed by atoms with E-state index in [9.17, 15) is 0 Å². The van der Waals surface area contributed by atoms with Crippen LogP contribution in [0, 0.1) is 5.92 Å². The molecule has 0 bridgehead atoms. The van der Waals surface area contributed by atoms with Crippen molar-refractivity contribution in [3.8, 4) is 11.5 Å². The number of aromatic nitrogens is 3. The van der Waals surface area contributed by atoms with E-state index in [1.54, 1.807) is 0 Å². The molecule has 1 fully saturated rings. The summed E-state index contributed by atoms with van der Waals surface area (Å²) in [5.41, 5.74) is 6.73. The first-order valence-corrected chi connectivity index (χ1v) is 6.56. The van der Waals surface area contributed by atoms with Crippen molar-refractivity contribution in [1.29, 1.82) is 0 Å². The van der Waals surface area contributed by atoms with Gasteiger partial charge in [-0.05, 0) is 37.4 Å². The molecule has 2 aromatic rings. The van der Waals surface area contributed by atoms with Crippen LogP contribution in [0.15, 0.2) is 22.9 Å². The van der Waals surface area contributed by atoms with E-state index in [0.717, 1.165) is 18.0 Å². The van der Waals surface area contributed by atoms with Gasteiger partial charge in [0, 0.05) is 12.1 Å². The Morgan fingerprint density at radius 1 is 1.39 bits per heavy atom. The van der Waals surface area contributed by atoms with Gasteiger partial charge in [0.1, 0.15) is 0 Å². The zero-order chi connectivity index (χ0) is 12.4. The Kier molecular flexibility index (Phi) is 3.15. The molecule has 0 amide bonds. The van der Waals surface area contributed by atoms with E-state index < -0.39 is 0 Å². The highest BCUT2D eigenvalue weighted by molar-refractivity contribution is 5.47. The number of hydrogen-bond donors (Lipinski definition) is 2. The Balaban J connectivity index is 1.84. The summed E-state index contributed by atoms with van der Waals surface area (Å²) in [4.78, 5) is 7.60. The molecule has 0 spiro atoms. The van der Waals surface area contributed by atoms with Crippen LogP contribution in [0.1, 0.15) is 37.5 Å². The highest BCUT2D eigenvalue weighted by atomic mass is 16.5. The van der Waals surface area contributed by atoms with Crippen molar-refractivity contribution in [3.63, 3.8) is 0 Å². The van der Waals surface area contributed by atoms with E-state index >= 15 is 0 Å². The first-order chi connectivity index (χ1) is 8.88. The minimum Gasteiger partial charge on any atom is -0.359 e. The molecule has 1 aliphatic rings. The second kappa shape index (κ2) is 4.94. The van der Waals surface area contributed by atoms with Crippen LogP contribution < -0.4 is 5.73 Å². The van der Waals surface area contributed by atoms with Gasteiger partial charge in [-0.15, -0.1) is 0 Å². The zero-order valence-electron chi connectivity index (χ0n) is 10.3. The predicted molar refractivity (Wildman–Crippen MR) is 67.8 cm³/mol. The fourth-order valence-electron chi connectivity index (χ4n) is 2.78. The van der Waals surface area contributed by atoms with Crippen LogP contribution in [0.2, 0.25) is 0 Å². The van der Waals surface area contributed by atoms with Gasteiger partial charge >= 0.3 is 0 Å². The van der Waals surface area contributed by atoms with Gasteiger partial charge in [-0.1, -0.05) is 18.0 Å². The Bertz CT molecular complexity index is 491. The van der Waals surface area contributed by atoms with Gasteiger partial charge in [-0.3, -0.25) is 0 Å². The normalized spacial score (nSPS) is 24.3. The number of H-pyrrole nitrogens is 1. The van der Waals surface area contributed by atoms with Crippen LogP contribution in [0.5, 0.6) is 0 Å². The van der Waals surface area contributed by atoms with Gasteiger partial charge < -0.3 is 15.2 Å². The van der Waals surface area contributed by atoms with Crippen LogP contribution in [-0.4, -0.2) is 21.7 Å². The van der Waals surface area contributed by atoms with Crippen molar-refractivity contribution in [3.05, 3.63) is 24.2 Å². The van der Waals surface area contributed by atoms with Crippen molar-refractivity contribution in [2.75, 3.05) is 6.54 Å². The van der Waals surface area contributed by atoms with E-state index in [2.05, 4.69) is 15.1 Å². The summed E-state index contributed by atoms with van der Waals surface area (Å²) in [6, 6.07) is 3.87. The number of nitrogens with one attached hydrogen (secondary N) is 1. The standard InChI is InChI=1S/C13H18N4O/c14-8-9-4-1-2-5-10(9)13-16-12(17-18-13)11-6-3-7-15-11/h3,6-7,9-10,15H,1-2,4-5,8,14H2. The smallest absolute Gasteiger partial charge is 0.230 e. The van der Waals surface area contributed by atoms with Crippen LogP contribution in [0.25, 0.3) is 11.5 Å². The maximum Gasteiger partial charge on any atom is 0.230 e. The number of nitrogens with zero attached hydrogens (tertiary/aromatic N) is 2. The molecule has 1 saturated carbocycles. The third kappa shape index (κ3) is 2.06. The molecule has 1 aliphatic carbocycles. The first-order valence-electron chi connectivity index (χ1n) is 6.56. The number of nitrogens with two attached hydrogens (primary N) is 1. The highest BCUT2D eigenvalue weighted by Gasteiger charge is 2.30. The Morgan fingerprint density at radius 2 is 2.28 bits per heavy atom. The van der Waals surface area contributed by atoms with Crippen molar-refractivity contribution < 1.29 is 4.52 Å². The second-order valence-corrected chi connectivity index (χ2v) is 4.93. The molecule has 96 valence electrons. The molecule has 0 aliphatic heterocycles. The van der Waals surface area contributed by atoms with E-state index in [4.69, 9.17) is 10.3 Å². The Labute approximate surface area is 106 Å². The van der Waals surface area contributed by atoms with E-state index in [1.807, 2.05) is 18.3 Å². The Morgan fingerprint density at radius 3 is 3.06 bits per heavy atom. The molecular formula is C13H18N4O. The lowest BCUT2D eigenvalue weighted by Gasteiger charge is -2.27. The fraction of sp³-hybridized carbons (Fsp3) is 0.538. The predicted octanol–water partition coefficient (Wildman–Crippen LogP) is 2.30. The summed E-state index contributed by atoms with van der Waals surface area (Å²) in [5.74, 6) is 2.20. The molecular weight excluding hydrogens is 228 g/mol. The summed E-state index contributed by atoms with van der Waals surface area (Å²) in [6.45, 7) is 0.699. The molecule has 0 saturated heterocycles. The topological polar surface area (TPSA) is 80.7 Å². The van der Waals surface area contributed by atoms with E-state index in [-0.39, 0.29) is 0 Å². The molecule has 5 heteroatoms. The molecule has 2 atom stereocenters. The largest absolute Gasteiger partial charge is 0.359 e. The average molecular weight is 246 g/mol. The highest BCUT2D eigenvalue weighted by Crippen LogP contribution is 2.36. The molecule has 2 aromatic heterocycles. The summed E-state index contributed by atoms with van der Waals surface area (Å²) < 4.78 is 5.42. The lowest BCUT2D eigenvalue weighted by atomic mass is 9.79. The maximum atomic E-state index is 5.84. The van der Waals surface area contributed by atoms with Crippen molar-refractivity contribution >= 4 is 0 Å². The van der Waals surface area contributed by atoms with Crippen molar-refractivity contribution in [1.82, 2.24) is 15.1 Å². The van der Waals surface area contributed by atoms with Gasteiger partial charge in [0.25, 0.3) is 0 Å². The van der Waals surface area contributed by atoms with Crippen LogP contribution in [0.3, 0.4) is 0 Å². The van der Waals surface area contributed by atoms with E-state index in [0.29, 0.717) is 24.2 Å². The summed E-state index contributed by atoms with van der Waals surface area (Å²) >= 11 is 0. The average Bonchev–Trinajstić information content (AvgIpc) is 3.09. The molecule has 2 heterocycles. The minimum atomic E-state index is 0.333. The van der Waals surface area contributed by atoms with Crippen LogP contribution >= 0.6 is 0 Å². The number of aromatic amines is 1. The monoisotopic (exact) mass is 246 g/mol. The maximum absolute atomic E-state index is 5.84. The Hall–Kier alpha value is -1.62. The van der Waals surface area contributed by atoms with Crippen LogP contribution in [-0.2, 0) is 0 Å². The molecule has 0 aromatic carbocycles. The molecule has 3 N–H and O–H groups in total. The molecule has 0 radical (unpaired) electrons. The molecule has 2 unspecified atom stereocenters. The lowest BCUT2D eigenvalue weighted by molar-refractivity contribution is 0.249. The zero-order valence-corrected chi connectivity index (χ0v) is 10.3. The van der Waals surface area contributed by atoms with Gasteiger partial charge in [0.2, 0.25) is 11.7 Å². The van der Waals surface area contributed by atoms with Crippen molar-refractivity contribution in [2.45, 2.75) is 31.6 Å². The lowest BCUT2D eigenvalue weighted by Crippen LogP contribution is -2.25. The SMILES string of the molecule is NCC1CCCCC1c1nc(-c2ccc[nH]2)no1. The van der Waals surface area contributed by atoms with Gasteiger partial charge in [0.15, 0.2) is 0 Å². The summed E-state index contributed by atoms with van der Waals surface area (Å²) in [6.07, 6.45) is 6.61. The first kappa shape index (κ1) is 11.5. The third-order valence-corrected chi connectivity index (χ3v) is 3.81. The molecule has 18 heavy (non-hydrogen) atoms. The second-order valence-electron chi connectivity index (χ2n) is 4.93. The molecule has 3 rings (SSSR count). The van der Waals surface area contributed by atoms with Crippen LogP contribution in [0.4, 0.5) is 0 Å². The number of hydrogen-bond acceptors (Lipinski definition) is 4. The van der Waals surface area contributed by atoms with E-state index in [1.165, 1.54) is 19.3 Å². The van der Waals surface area contributed by atoms with Gasteiger partial charge in [-0.25, -0.2) is 0 Å². The number of rotatable bonds is 3. The third-order valence-electron chi connectivity index (χ3n) is 3.81. The fourth-order valence-corrected chi connectivity index (χ4v) is 2.78. The molecule has 5 nitrogen and oxygen atoms in total.